The minimum Gasteiger partial charge on any atom is -0.495 e. The maximum atomic E-state index is 9.74. The van der Waals surface area contributed by atoms with Crippen LogP contribution in [0, 0.1) is 11.3 Å². The van der Waals surface area contributed by atoms with E-state index in [4.69, 9.17) is 27.9 Å². The Labute approximate surface area is 267 Å². The van der Waals surface area contributed by atoms with Gasteiger partial charge in [0.25, 0.3) is 0 Å². The van der Waals surface area contributed by atoms with E-state index in [2.05, 4.69) is 74.7 Å². The Kier molecular flexibility index (Phi) is 10.8. The molecule has 43 heavy (non-hydrogen) atoms. The summed E-state index contributed by atoms with van der Waals surface area (Å²) >= 11 is 14.4. The van der Waals surface area contributed by atoms with E-state index in [9.17, 15) is 5.26 Å². The second-order valence-corrected chi connectivity index (χ2v) is 12.9. The number of rotatable bonds is 6. The van der Waals surface area contributed by atoms with E-state index >= 15 is 0 Å². The number of nitrogens with one attached hydrogen (secondary N) is 2. The first-order valence-electron chi connectivity index (χ1n) is 14.4. The Morgan fingerprint density at radius 1 is 0.977 bits per heavy atom. The van der Waals surface area contributed by atoms with Gasteiger partial charge in [-0.2, -0.15) is 5.26 Å². The lowest BCUT2D eigenvalue weighted by Gasteiger charge is -2.31. The number of fused-ring (bicyclic) bond motifs is 1. The molecule has 11 heteroatoms. The van der Waals surface area contributed by atoms with Gasteiger partial charge in [-0.15, -0.1) is 11.3 Å². The van der Waals surface area contributed by atoms with E-state index in [1.165, 1.54) is 22.8 Å². The largest absolute Gasteiger partial charge is 0.495 e. The van der Waals surface area contributed by atoms with Crippen LogP contribution in [0.25, 0.3) is 21.3 Å². The monoisotopic (exact) mass is 637 g/mol. The molecule has 0 radical (unpaired) electrons. The van der Waals surface area contributed by atoms with Crippen molar-refractivity contribution in [2.45, 2.75) is 6.54 Å². The molecule has 0 unspecified atom stereocenters. The van der Waals surface area contributed by atoms with Crippen LogP contribution in [0.4, 0.5) is 11.4 Å². The van der Waals surface area contributed by atoms with Crippen LogP contribution in [0.2, 0.25) is 10.0 Å². The standard InChI is InChI=1S/C27H25Cl2N5OS.C5H12N2/c1-33-7-9-34(10-8-33)16-19-4-6-26(36-19)17-3-5-20-23(11-17)31-15-18(14-30)27(20)32-24-13-25(35-2)22(29)12-21(24)28;1-7-4-2-6-3-5-7/h3-6,11-13,15H,7-10,16H2,1-2H3,(H,31,32);6H,2-5H2,1H3. The van der Waals surface area contributed by atoms with Crippen molar-refractivity contribution in [2.75, 3.05) is 78.9 Å². The number of aromatic nitrogens is 1. The molecule has 0 aliphatic carbocycles. The topological polar surface area (TPSA) is 79.7 Å². The van der Waals surface area contributed by atoms with Crippen molar-refractivity contribution in [3.8, 4) is 22.3 Å². The highest BCUT2D eigenvalue weighted by Crippen LogP contribution is 2.39. The van der Waals surface area contributed by atoms with E-state index in [1.807, 2.05) is 17.4 Å². The third kappa shape index (κ3) is 7.97. The fourth-order valence-corrected chi connectivity index (χ4v) is 6.66. The highest BCUT2D eigenvalue weighted by atomic mass is 35.5. The number of thiophene rings is 1. The minimum absolute atomic E-state index is 0.417. The van der Waals surface area contributed by atoms with Gasteiger partial charge in [-0.05, 0) is 43.9 Å². The number of hydrogen-bond donors (Lipinski definition) is 2. The number of nitriles is 1. The zero-order chi connectivity index (χ0) is 30.3. The Balaban J connectivity index is 0.000000463. The number of methoxy groups -OCH3 is 1. The smallest absolute Gasteiger partial charge is 0.139 e. The summed E-state index contributed by atoms with van der Waals surface area (Å²) in [5.74, 6) is 0.493. The molecule has 2 aromatic carbocycles. The molecule has 0 bridgehead atoms. The quantitative estimate of drug-likeness (QED) is 0.260. The van der Waals surface area contributed by atoms with Gasteiger partial charge in [0.15, 0.2) is 0 Å². The number of halogens is 2. The summed E-state index contributed by atoms with van der Waals surface area (Å²) in [4.78, 5) is 14.3. The predicted octanol–water partition coefficient (Wildman–Crippen LogP) is 6.16. The second-order valence-electron chi connectivity index (χ2n) is 10.9. The molecule has 0 atom stereocenters. The fraction of sp³-hybridized carbons (Fsp3) is 0.375. The minimum atomic E-state index is 0.417. The van der Waals surface area contributed by atoms with E-state index in [1.54, 1.807) is 25.4 Å². The van der Waals surface area contributed by atoms with Crippen LogP contribution in [0.1, 0.15) is 10.4 Å². The number of hydrogen-bond acceptors (Lipinski definition) is 9. The summed E-state index contributed by atoms with van der Waals surface area (Å²) in [5, 5.41) is 18.0. The van der Waals surface area contributed by atoms with Crippen molar-refractivity contribution in [1.82, 2.24) is 25.0 Å². The molecular weight excluding hydrogens is 601 g/mol. The lowest BCUT2D eigenvalue weighted by Crippen LogP contribution is -2.43. The molecule has 4 aromatic rings. The molecule has 6 rings (SSSR count). The van der Waals surface area contributed by atoms with Crippen molar-refractivity contribution < 1.29 is 4.74 Å². The number of ether oxygens (including phenoxy) is 1. The third-order valence-electron chi connectivity index (χ3n) is 7.75. The Bertz CT molecular complexity index is 1590. The Morgan fingerprint density at radius 3 is 2.40 bits per heavy atom. The van der Waals surface area contributed by atoms with Crippen molar-refractivity contribution in [3.63, 3.8) is 0 Å². The van der Waals surface area contributed by atoms with Crippen LogP contribution < -0.4 is 15.4 Å². The molecule has 2 aliphatic rings. The molecule has 2 N–H and O–H groups in total. The average molecular weight is 639 g/mol. The van der Waals surface area contributed by atoms with E-state index in [0.717, 1.165) is 62.3 Å². The highest BCUT2D eigenvalue weighted by Gasteiger charge is 2.17. The first kappa shape index (κ1) is 31.5. The van der Waals surface area contributed by atoms with Crippen LogP contribution in [-0.2, 0) is 6.54 Å². The molecule has 2 aliphatic heterocycles. The molecule has 2 fully saturated rings. The molecular formula is C32H37Cl2N7OS. The number of benzene rings is 2. The first-order valence-corrected chi connectivity index (χ1v) is 15.9. The van der Waals surface area contributed by atoms with Crippen molar-refractivity contribution in [3.05, 3.63) is 69.1 Å². The summed E-state index contributed by atoms with van der Waals surface area (Å²) in [6.07, 6.45) is 1.59. The summed E-state index contributed by atoms with van der Waals surface area (Å²) in [6, 6.07) is 16.1. The van der Waals surface area contributed by atoms with Gasteiger partial charge in [-0.3, -0.25) is 9.88 Å². The highest BCUT2D eigenvalue weighted by molar-refractivity contribution is 7.15. The number of nitrogens with zero attached hydrogens (tertiary/aromatic N) is 5. The van der Waals surface area contributed by atoms with Gasteiger partial charge in [0, 0.05) is 86.3 Å². The zero-order valence-electron chi connectivity index (χ0n) is 24.8. The lowest BCUT2D eigenvalue weighted by atomic mass is 10.1. The van der Waals surface area contributed by atoms with E-state index < -0.39 is 0 Å². The van der Waals surface area contributed by atoms with Crippen molar-refractivity contribution >= 4 is 56.8 Å². The molecule has 0 amide bonds. The maximum Gasteiger partial charge on any atom is 0.139 e. The molecule has 0 spiro atoms. The zero-order valence-corrected chi connectivity index (χ0v) is 27.1. The van der Waals surface area contributed by atoms with Gasteiger partial charge in [0.2, 0.25) is 0 Å². The van der Waals surface area contributed by atoms with E-state index in [-0.39, 0.29) is 0 Å². The fourth-order valence-electron chi connectivity index (χ4n) is 5.10. The lowest BCUT2D eigenvalue weighted by molar-refractivity contribution is 0.149. The number of pyridine rings is 1. The Hall–Kier alpha value is -2.94. The first-order chi connectivity index (χ1) is 20.8. The van der Waals surface area contributed by atoms with Gasteiger partial charge in [-0.25, -0.2) is 0 Å². The summed E-state index contributed by atoms with van der Waals surface area (Å²) in [6.45, 7) is 10.2. The van der Waals surface area contributed by atoms with Gasteiger partial charge < -0.3 is 25.2 Å². The third-order valence-corrected chi connectivity index (χ3v) is 9.48. The number of anilines is 2. The number of likely N-dealkylation sites (N-methyl/N-ethyl adjacent to an activating group) is 2. The molecule has 2 saturated heterocycles. The molecule has 2 aromatic heterocycles. The van der Waals surface area contributed by atoms with Gasteiger partial charge in [-0.1, -0.05) is 35.3 Å². The molecule has 226 valence electrons. The van der Waals surface area contributed by atoms with Gasteiger partial charge >= 0.3 is 0 Å². The van der Waals surface area contributed by atoms with Crippen LogP contribution in [-0.4, -0.2) is 93.2 Å². The van der Waals surface area contributed by atoms with Gasteiger partial charge in [0.05, 0.1) is 39.6 Å². The maximum absolute atomic E-state index is 9.74. The molecule has 0 saturated carbocycles. The molecule has 8 nitrogen and oxygen atoms in total. The van der Waals surface area contributed by atoms with Crippen LogP contribution in [0.15, 0.2) is 48.7 Å². The van der Waals surface area contributed by atoms with Crippen LogP contribution in [0.5, 0.6) is 5.75 Å². The second kappa shape index (κ2) is 14.7. The van der Waals surface area contributed by atoms with Crippen LogP contribution in [0.3, 0.4) is 0 Å². The van der Waals surface area contributed by atoms with Crippen molar-refractivity contribution in [2.24, 2.45) is 0 Å². The Morgan fingerprint density at radius 2 is 1.72 bits per heavy atom. The summed E-state index contributed by atoms with van der Waals surface area (Å²) in [7, 11) is 5.88. The summed E-state index contributed by atoms with van der Waals surface area (Å²) < 4.78 is 5.33. The predicted molar refractivity (Wildman–Crippen MR) is 179 cm³/mol. The average Bonchev–Trinajstić information content (AvgIpc) is 3.48. The number of piperazine rings is 2. The van der Waals surface area contributed by atoms with Gasteiger partial charge in [0.1, 0.15) is 11.8 Å². The summed E-state index contributed by atoms with van der Waals surface area (Å²) in [5.41, 5.74) is 3.55. The van der Waals surface area contributed by atoms with Crippen LogP contribution >= 0.6 is 34.5 Å². The molecule has 4 heterocycles. The SMILES string of the molecule is CN1CCNCC1.COc1cc(Nc2c(C#N)cnc3cc(-c4ccc(CN5CCN(C)CC5)s4)ccc23)c(Cl)cc1Cl. The normalized spacial score (nSPS) is 16.4. The van der Waals surface area contributed by atoms with E-state index in [0.29, 0.717) is 32.7 Å². The van der Waals surface area contributed by atoms with Crippen molar-refractivity contribution in [1.29, 1.82) is 5.26 Å².